The Labute approximate surface area is 108 Å². The molecule has 17 heavy (non-hydrogen) atoms. The van der Waals surface area contributed by atoms with Crippen molar-refractivity contribution in [2.45, 2.75) is 31.2 Å². The summed E-state index contributed by atoms with van der Waals surface area (Å²) in [6.45, 7) is 4.21. The molecule has 94 valence electrons. The van der Waals surface area contributed by atoms with Gasteiger partial charge in [0.1, 0.15) is 11.6 Å². The van der Waals surface area contributed by atoms with Gasteiger partial charge in [-0.1, -0.05) is 15.9 Å². The first-order valence-corrected chi connectivity index (χ1v) is 6.63. The number of hydrogen-bond acceptors (Lipinski definition) is 1. The summed E-state index contributed by atoms with van der Waals surface area (Å²) in [7, 11) is 0. The van der Waals surface area contributed by atoms with Gasteiger partial charge >= 0.3 is 0 Å². The standard InChI is InChI=1S/C13H15BrF2O/c1-7-5-12(16)10(6-11(7)15)13(14)9-3-4-17-8(9)2/h5-6,8-9,13H,3-4H2,1-2H3. The Balaban J connectivity index is 2.30. The molecule has 0 spiro atoms. The normalized spacial score (nSPS) is 26.2. The number of aryl methyl sites for hydroxylation is 1. The van der Waals surface area contributed by atoms with Crippen LogP contribution in [0.3, 0.4) is 0 Å². The van der Waals surface area contributed by atoms with E-state index in [-0.39, 0.29) is 28.5 Å². The van der Waals surface area contributed by atoms with Gasteiger partial charge in [-0.2, -0.15) is 0 Å². The van der Waals surface area contributed by atoms with Crippen molar-refractivity contribution in [3.05, 3.63) is 34.9 Å². The molecule has 3 unspecified atom stereocenters. The van der Waals surface area contributed by atoms with Crippen molar-refractivity contribution in [2.75, 3.05) is 6.61 Å². The van der Waals surface area contributed by atoms with Crippen molar-refractivity contribution in [3.63, 3.8) is 0 Å². The molecule has 3 atom stereocenters. The molecule has 1 aliphatic heterocycles. The van der Waals surface area contributed by atoms with Gasteiger partial charge in [0.05, 0.1) is 6.10 Å². The molecular weight excluding hydrogens is 290 g/mol. The van der Waals surface area contributed by atoms with Crippen LogP contribution in [0.25, 0.3) is 0 Å². The monoisotopic (exact) mass is 304 g/mol. The van der Waals surface area contributed by atoms with Crippen LogP contribution in [0.2, 0.25) is 0 Å². The molecule has 1 saturated heterocycles. The lowest BCUT2D eigenvalue weighted by molar-refractivity contribution is 0.105. The fourth-order valence-electron chi connectivity index (χ4n) is 2.24. The minimum atomic E-state index is -0.364. The zero-order chi connectivity index (χ0) is 12.6. The Hall–Kier alpha value is -0.480. The van der Waals surface area contributed by atoms with Crippen molar-refractivity contribution in [1.29, 1.82) is 0 Å². The summed E-state index contributed by atoms with van der Waals surface area (Å²) in [6, 6.07) is 2.54. The van der Waals surface area contributed by atoms with Crippen LogP contribution in [-0.2, 0) is 4.74 Å². The van der Waals surface area contributed by atoms with Gasteiger partial charge in [0.2, 0.25) is 0 Å². The molecule has 4 heteroatoms. The summed E-state index contributed by atoms with van der Waals surface area (Å²) >= 11 is 3.48. The highest BCUT2D eigenvalue weighted by Crippen LogP contribution is 2.40. The van der Waals surface area contributed by atoms with Crippen LogP contribution in [0.1, 0.15) is 29.3 Å². The van der Waals surface area contributed by atoms with Gasteiger partial charge in [0.15, 0.2) is 0 Å². The summed E-state index contributed by atoms with van der Waals surface area (Å²) < 4.78 is 32.8. The lowest BCUT2D eigenvalue weighted by Crippen LogP contribution is -2.17. The minimum absolute atomic E-state index is 0.0724. The van der Waals surface area contributed by atoms with Gasteiger partial charge < -0.3 is 4.74 Å². The second-order valence-electron chi connectivity index (χ2n) is 4.55. The zero-order valence-corrected chi connectivity index (χ0v) is 11.4. The van der Waals surface area contributed by atoms with E-state index >= 15 is 0 Å². The average Bonchev–Trinajstić information content (AvgIpc) is 2.69. The molecule has 1 heterocycles. The Morgan fingerprint density at radius 3 is 2.65 bits per heavy atom. The van der Waals surface area contributed by atoms with Crippen LogP contribution in [0.5, 0.6) is 0 Å². The van der Waals surface area contributed by atoms with Gasteiger partial charge in [0.25, 0.3) is 0 Å². The smallest absolute Gasteiger partial charge is 0.128 e. The van der Waals surface area contributed by atoms with E-state index in [0.29, 0.717) is 17.7 Å². The molecule has 0 bridgehead atoms. The highest BCUT2D eigenvalue weighted by molar-refractivity contribution is 9.09. The number of alkyl halides is 1. The Kier molecular flexibility index (Phi) is 3.83. The van der Waals surface area contributed by atoms with Crippen molar-refractivity contribution >= 4 is 15.9 Å². The molecule has 1 aromatic rings. The van der Waals surface area contributed by atoms with Crippen LogP contribution in [-0.4, -0.2) is 12.7 Å². The van der Waals surface area contributed by atoms with Crippen molar-refractivity contribution in [2.24, 2.45) is 5.92 Å². The molecule has 1 nitrogen and oxygen atoms in total. The SMILES string of the molecule is Cc1cc(F)c(C(Br)C2CCOC2C)cc1F. The molecule has 2 rings (SSSR count). The van der Waals surface area contributed by atoms with E-state index in [2.05, 4.69) is 15.9 Å². The largest absolute Gasteiger partial charge is 0.378 e. The van der Waals surface area contributed by atoms with Gasteiger partial charge in [-0.3, -0.25) is 0 Å². The number of rotatable bonds is 2. The second kappa shape index (κ2) is 5.02. The molecule has 0 aromatic heterocycles. The third-order valence-corrected chi connectivity index (χ3v) is 4.56. The maximum atomic E-state index is 13.8. The molecular formula is C13H15BrF2O. The third kappa shape index (κ3) is 2.52. The number of hydrogen-bond donors (Lipinski definition) is 0. The van der Waals surface area contributed by atoms with Crippen LogP contribution in [0.15, 0.2) is 12.1 Å². The predicted molar refractivity (Wildman–Crippen MR) is 66.3 cm³/mol. The molecule has 1 aliphatic rings. The van der Waals surface area contributed by atoms with Crippen LogP contribution in [0, 0.1) is 24.5 Å². The lowest BCUT2D eigenvalue weighted by Gasteiger charge is -2.21. The predicted octanol–water partition coefficient (Wildman–Crippen LogP) is 4.13. The third-order valence-electron chi connectivity index (χ3n) is 3.39. The molecule has 0 N–H and O–H groups in total. The van der Waals surface area contributed by atoms with Crippen molar-refractivity contribution in [3.8, 4) is 0 Å². The fourth-order valence-corrected chi connectivity index (χ4v) is 3.28. The van der Waals surface area contributed by atoms with Crippen LogP contribution < -0.4 is 0 Å². The van der Waals surface area contributed by atoms with Gasteiger partial charge in [0, 0.05) is 22.9 Å². The first-order valence-electron chi connectivity index (χ1n) is 5.72. The van der Waals surface area contributed by atoms with E-state index in [1.54, 1.807) is 6.92 Å². The quantitative estimate of drug-likeness (QED) is 0.746. The number of benzene rings is 1. The van der Waals surface area contributed by atoms with E-state index in [0.717, 1.165) is 6.42 Å². The minimum Gasteiger partial charge on any atom is -0.378 e. The maximum Gasteiger partial charge on any atom is 0.128 e. The molecule has 0 radical (unpaired) electrons. The van der Waals surface area contributed by atoms with E-state index in [9.17, 15) is 8.78 Å². The summed E-state index contributed by atoms with van der Waals surface area (Å²) in [5, 5.41) is 0. The van der Waals surface area contributed by atoms with Crippen molar-refractivity contribution in [1.82, 2.24) is 0 Å². The lowest BCUT2D eigenvalue weighted by atomic mass is 9.93. The van der Waals surface area contributed by atoms with Crippen molar-refractivity contribution < 1.29 is 13.5 Å². The summed E-state index contributed by atoms with van der Waals surface area (Å²) in [5.41, 5.74) is 0.720. The highest BCUT2D eigenvalue weighted by atomic mass is 79.9. The molecule has 0 aliphatic carbocycles. The molecule has 1 fully saturated rings. The number of ether oxygens (including phenoxy) is 1. The van der Waals surface area contributed by atoms with Crippen LogP contribution in [0.4, 0.5) is 8.78 Å². The Bertz CT molecular complexity index is 422. The van der Waals surface area contributed by atoms with E-state index in [4.69, 9.17) is 4.74 Å². The first-order chi connectivity index (χ1) is 8.00. The maximum absolute atomic E-state index is 13.8. The summed E-state index contributed by atoms with van der Waals surface area (Å²) in [5.74, 6) is -0.533. The molecule has 0 amide bonds. The summed E-state index contributed by atoms with van der Waals surface area (Å²) in [6.07, 6.45) is 0.939. The Morgan fingerprint density at radius 2 is 2.06 bits per heavy atom. The van der Waals surface area contributed by atoms with Gasteiger partial charge in [-0.05, 0) is 38.0 Å². The van der Waals surface area contributed by atoms with Gasteiger partial charge in [-0.15, -0.1) is 0 Å². The van der Waals surface area contributed by atoms with Crippen LogP contribution >= 0.6 is 15.9 Å². The fraction of sp³-hybridized carbons (Fsp3) is 0.538. The first kappa shape index (κ1) is 13.0. The van der Waals surface area contributed by atoms with E-state index in [1.807, 2.05) is 6.92 Å². The zero-order valence-electron chi connectivity index (χ0n) is 9.84. The van der Waals surface area contributed by atoms with Gasteiger partial charge in [-0.25, -0.2) is 8.78 Å². The van der Waals surface area contributed by atoms with E-state index in [1.165, 1.54) is 12.1 Å². The average molecular weight is 305 g/mol. The Morgan fingerprint density at radius 1 is 1.35 bits per heavy atom. The second-order valence-corrected chi connectivity index (χ2v) is 5.54. The summed E-state index contributed by atoms with van der Waals surface area (Å²) in [4.78, 5) is -0.199. The topological polar surface area (TPSA) is 9.23 Å². The molecule has 0 saturated carbocycles. The highest BCUT2D eigenvalue weighted by Gasteiger charge is 2.32. The number of halogens is 3. The molecule has 1 aromatic carbocycles. The van der Waals surface area contributed by atoms with E-state index < -0.39 is 0 Å².